The minimum absolute atomic E-state index is 0.124. The van der Waals surface area contributed by atoms with E-state index in [4.69, 9.17) is 4.74 Å². The molecule has 0 aliphatic rings. The van der Waals surface area contributed by atoms with Crippen LogP contribution >= 0.6 is 0 Å². The van der Waals surface area contributed by atoms with Crippen molar-refractivity contribution in [3.8, 4) is 11.5 Å². The first-order valence-corrected chi connectivity index (χ1v) is 5.79. The van der Waals surface area contributed by atoms with E-state index in [-0.39, 0.29) is 11.5 Å². The highest BCUT2D eigenvalue weighted by molar-refractivity contribution is 6.28. The lowest BCUT2D eigenvalue weighted by Crippen LogP contribution is -2.03. The summed E-state index contributed by atoms with van der Waals surface area (Å²) in [5, 5.41) is 9.22. The fourth-order valence-corrected chi connectivity index (χ4v) is 1.80. The Morgan fingerprint density at radius 1 is 1.11 bits per heavy atom. The molecule has 0 aliphatic heterocycles. The monoisotopic (exact) mass is 254 g/mol. The van der Waals surface area contributed by atoms with Gasteiger partial charge in [0.1, 0.15) is 11.5 Å². The third-order valence-electron chi connectivity index (χ3n) is 2.84. The van der Waals surface area contributed by atoms with Gasteiger partial charge in [-0.25, -0.2) is 0 Å². The topological polar surface area (TPSA) is 46.5 Å². The summed E-state index contributed by atoms with van der Waals surface area (Å²) in [6, 6.07) is 13.3. The number of carbonyl (C=O) groups is 1. The standard InChI is InChI=1S/C16H14O3/c1-11(14-5-3-4-6-15(14)19-2)16(18)12-7-9-13(17)10-8-12/h3-10,17H,1H2,2H3. The molecule has 96 valence electrons. The summed E-state index contributed by atoms with van der Waals surface area (Å²) < 4.78 is 5.22. The van der Waals surface area contributed by atoms with Crippen molar-refractivity contribution >= 4 is 11.4 Å². The fraction of sp³-hybridized carbons (Fsp3) is 0.0625. The van der Waals surface area contributed by atoms with Gasteiger partial charge in [0.05, 0.1) is 7.11 Å². The van der Waals surface area contributed by atoms with E-state index in [1.807, 2.05) is 12.1 Å². The molecular formula is C16H14O3. The van der Waals surface area contributed by atoms with E-state index >= 15 is 0 Å². The van der Waals surface area contributed by atoms with Crippen molar-refractivity contribution in [2.24, 2.45) is 0 Å². The summed E-state index contributed by atoms with van der Waals surface area (Å²) >= 11 is 0. The normalized spacial score (nSPS) is 9.95. The second-order valence-corrected chi connectivity index (χ2v) is 4.05. The summed E-state index contributed by atoms with van der Waals surface area (Å²) in [4.78, 5) is 12.3. The molecule has 19 heavy (non-hydrogen) atoms. The van der Waals surface area contributed by atoms with Gasteiger partial charge in [-0.15, -0.1) is 0 Å². The molecular weight excluding hydrogens is 240 g/mol. The highest BCUT2D eigenvalue weighted by Crippen LogP contribution is 2.27. The summed E-state index contributed by atoms with van der Waals surface area (Å²) in [5.41, 5.74) is 1.51. The van der Waals surface area contributed by atoms with E-state index in [9.17, 15) is 9.90 Å². The number of ether oxygens (including phenoxy) is 1. The number of hydrogen-bond donors (Lipinski definition) is 1. The van der Waals surface area contributed by atoms with Crippen molar-refractivity contribution in [2.75, 3.05) is 7.11 Å². The molecule has 2 rings (SSSR count). The van der Waals surface area contributed by atoms with Crippen LogP contribution in [0.1, 0.15) is 15.9 Å². The van der Waals surface area contributed by atoms with Crippen molar-refractivity contribution in [1.29, 1.82) is 0 Å². The number of methoxy groups -OCH3 is 1. The maximum atomic E-state index is 12.3. The van der Waals surface area contributed by atoms with Crippen molar-refractivity contribution in [2.45, 2.75) is 0 Å². The Hall–Kier alpha value is -2.55. The van der Waals surface area contributed by atoms with Crippen molar-refractivity contribution < 1.29 is 14.6 Å². The number of Topliss-reactive ketones (excluding diaryl/α,β-unsaturated/α-hetero) is 1. The molecule has 2 aromatic carbocycles. The smallest absolute Gasteiger partial charge is 0.193 e. The Bertz CT molecular complexity index is 612. The third-order valence-corrected chi connectivity index (χ3v) is 2.84. The second-order valence-electron chi connectivity index (χ2n) is 4.05. The van der Waals surface area contributed by atoms with Crippen LogP contribution in [0.15, 0.2) is 55.1 Å². The van der Waals surface area contributed by atoms with Crippen LogP contribution in [-0.4, -0.2) is 18.0 Å². The third kappa shape index (κ3) is 2.65. The SMILES string of the molecule is C=C(C(=O)c1ccc(O)cc1)c1ccccc1OC. The number of benzene rings is 2. The number of carbonyl (C=O) groups excluding carboxylic acids is 1. The zero-order valence-corrected chi connectivity index (χ0v) is 10.6. The minimum Gasteiger partial charge on any atom is -0.508 e. The van der Waals surface area contributed by atoms with Gasteiger partial charge in [-0.05, 0) is 30.3 Å². The molecule has 3 nitrogen and oxygen atoms in total. The molecule has 0 fully saturated rings. The zero-order valence-electron chi connectivity index (χ0n) is 10.6. The molecule has 0 atom stereocenters. The van der Waals surface area contributed by atoms with Crippen LogP contribution in [0.3, 0.4) is 0 Å². The van der Waals surface area contributed by atoms with E-state index in [0.29, 0.717) is 22.4 Å². The second kappa shape index (κ2) is 5.40. The van der Waals surface area contributed by atoms with E-state index in [1.165, 1.54) is 12.1 Å². The van der Waals surface area contributed by atoms with Crippen molar-refractivity contribution in [3.63, 3.8) is 0 Å². The van der Waals surface area contributed by atoms with E-state index in [1.54, 1.807) is 31.4 Å². The lowest BCUT2D eigenvalue weighted by atomic mass is 9.97. The maximum absolute atomic E-state index is 12.3. The van der Waals surface area contributed by atoms with Gasteiger partial charge in [-0.2, -0.15) is 0 Å². The van der Waals surface area contributed by atoms with Crippen LogP contribution in [0.4, 0.5) is 0 Å². The van der Waals surface area contributed by atoms with E-state index in [2.05, 4.69) is 6.58 Å². The molecule has 0 bridgehead atoms. The molecule has 0 amide bonds. The quantitative estimate of drug-likeness (QED) is 0.672. The lowest BCUT2D eigenvalue weighted by Gasteiger charge is -2.10. The zero-order chi connectivity index (χ0) is 13.8. The lowest BCUT2D eigenvalue weighted by molar-refractivity contribution is 0.105. The molecule has 2 aromatic rings. The molecule has 0 unspecified atom stereocenters. The van der Waals surface area contributed by atoms with Gasteiger partial charge in [0.2, 0.25) is 0 Å². The summed E-state index contributed by atoms with van der Waals surface area (Å²) in [7, 11) is 1.55. The van der Waals surface area contributed by atoms with E-state index in [0.717, 1.165) is 0 Å². The summed E-state index contributed by atoms with van der Waals surface area (Å²) in [5.74, 6) is 0.545. The Morgan fingerprint density at radius 3 is 2.37 bits per heavy atom. The molecule has 3 heteroatoms. The number of phenolic OH excluding ortho intramolecular Hbond substituents is 1. The minimum atomic E-state index is -0.190. The summed E-state index contributed by atoms with van der Waals surface area (Å²) in [6.07, 6.45) is 0. The number of hydrogen-bond acceptors (Lipinski definition) is 3. The number of rotatable bonds is 4. The Kier molecular flexibility index (Phi) is 3.66. The predicted octanol–water partition coefficient (Wildman–Crippen LogP) is 3.30. The van der Waals surface area contributed by atoms with Crippen LogP contribution in [0, 0.1) is 0 Å². The molecule has 0 radical (unpaired) electrons. The van der Waals surface area contributed by atoms with Crippen LogP contribution in [0.2, 0.25) is 0 Å². The van der Waals surface area contributed by atoms with Crippen molar-refractivity contribution in [3.05, 3.63) is 66.2 Å². The van der Waals surface area contributed by atoms with Crippen LogP contribution < -0.4 is 4.74 Å². The van der Waals surface area contributed by atoms with Gasteiger partial charge in [0.25, 0.3) is 0 Å². The van der Waals surface area contributed by atoms with E-state index < -0.39 is 0 Å². The Labute approximate surface area is 111 Å². The predicted molar refractivity (Wildman–Crippen MR) is 74.5 cm³/mol. The van der Waals surface area contributed by atoms with Crippen LogP contribution in [0.5, 0.6) is 11.5 Å². The molecule has 1 N–H and O–H groups in total. The number of allylic oxidation sites excluding steroid dienone is 1. The number of para-hydroxylation sites is 1. The molecule has 0 aromatic heterocycles. The van der Waals surface area contributed by atoms with Crippen molar-refractivity contribution in [1.82, 2.24) is 0 Å². The largest absolute Gasteiger partial charge is 0.508 e. The van der Waals surface area contributed by atoms with Gasteiger partial charge >= 0.3 is 0 Å². The van der Waals surface area contributed by atoms with Crippen LogP contribution in [-0.2, 0) is 0 Å². The van der Waals surface area contributed by atoms with Gasteiger partial charge in [-0.3, -0.25) is 4.79 Å². The average molecular weight is 254 g/mol. The number of ketones is 1. The first kappa shape index (κ1) is 12.9. The molecule has 0 saturated heterocycles. The molecule has 0 aliphatic carbocycles. The maximum Gasteiger partial charge on any atom is 0.193 e. The Morgan fingerprint density at radius 2 is 1.74 bits per heavy atom. The molecule has 0 saturated carbocycles. The number of aromatic hydroxyl groups is 1. The van der Waals surface area contributed by atoms with Gasteiger partial charge in [0.15, 0.2) is 5.78 Å². The van der Waals surface area contributed by atoms with Gasteiger partial charge < -0.3 is 9.84 Å². The van der Waals surface area contributed by atoms with Crippen LogP contribution in [0.25, 0.3) is 5.57 Å². The molecule has 0 heterocycles. The Balaban J connectivity index is 2.34. The first-order chi connectivity index (χ1) is 9.13. The highest BCUT2D eigenvalue weighted by Gasteiger charge is 2.15. The summed E-state index contributed by atoms with van der Waals surface area (Å²) in [6.45, 7) is 3.84. The van der Waals surface area contributed by atoms with Gasteiger partial charge in [0, 0.05) is 16.7 Å². The fourth-order valence-electron chi connectivity index (χ4n) is 1.80. The molecule has 0 spiro atoms. The van der Waals surface area contributed by atoms with Gasteiger partial charge in [-0.1, -0.05) is 24.8 Å². The number of phenols is 1. The average Bonchev–Trinajstić information content (AvgIpc) is 2.46. The highest BCUT2D eigenvalue weighted by atomic mass is 16.5. The first-order valence-electron chi connectivity index (χ1n) is 5.79.